The Hall–Kier alpha value is -1.66. The van der Waals surface area contributed by atoms with Crippen LogP contribution in [0.25, 0.3) is 0 Å². The third-order valence-corrected chi connectivity index (χ3v) is 19.5. The quantitative estimate of drug-likeness (QED) is 0.0320. The van der Waals surface area contributed by atoms with Crippen LogP contribution in [0.2, 0.25) is 0 Å². The van der Waals surface area contributed by atoms with Gasteiger partial charge in [-0.2, -0.15) is 0 Å². The molecule has 0 rings (SSSR count). The predicted octanol–water partition coefficient (Wildman–Crippen LogP) is 27.2. The van der Waals surface area contributed by atoms with Gasteiger partial charge in [0.15, 0.2) is 0 Å². The molecule has 6 heteroatoms. The van der Waals surface area contributed by atoms with Crippen LogP contribution < -0.4 is 5.32 Å². The molecule has 0 bridgehead atoms. The van der Waals surface area contributed by atoms with E-state index in [9.17, 15) is 19.8 Å². The van der Waals surface area contributed by atoms with E-state index >= 15 is 0 Å². The van der Waals surface area contributed by atoms with Gasteiger partial charge >= 0.3 is 5.97 Å². The zero-order chi connectivity index (χ0) is 64.2. The fourth-order valence-electron chi connectivity index (χ4n) is 13.2. The van der Waals surface area contributed by atoms with Gasteiger partial charge in [0.05, 0.1) is 25.4 Å². The zero-order valence-corrected chi connectivity index (χ0v) is 60.7. The molecule has 2 atom stereocenters. The molecule has 0 heterocycles. The summed E-state index contributed by atoms with van der Waals surface area (Å²) in [5.41, 5.74) is 0. The van der Waals surface area contributed by atoms with Crippen molar-refractivity contribution in [3.05, 3.63) is 24.3 Å². The van der Waals surface area contributed by atoms with Crippen LogP contribution in [-0.4, -0.2) is 47.4 Å². The van der Waals surface area contributed by atoms with E-state index < -0.39 is 12.1 Å². The molecule has 1 amide bonds. The molecule has 0 aliphatic heterocycles. The maximum absolute atomic E-state index is 12.5. The molecule has 89 heavy (non-hydrogen) atoms. The molecule has 528 valence electrons. The Bertz CT molecular complexity index is 1400. The first-order valence-electron chi connectivity index (χ1n) is 41.1. The van der Waals surface area contributed by atoms with Gasteiger partial charge in [-0.25, -0.2) is 0 Å². The van der Waals surface area contributed by atoms with E-state index in [0.29, 0.717) is 19.4 Å². The Labute approximate surface area is 558 Å². The van der Waals surface area contributed by atoms with Gasteiger partial charge in [0, 0.05) is 12.8 Å². The number of rotatable bonds is 78. The number of aliphatic hydroxyl groups excluding tert-OH is 2. The van der Waals surface area contributed by atoms with Crippen LogP contribution >= 0.6 is 0 Å². The van der Waals surface area contributed by atoms with Gasteiger partial charge in [0.1, 0.15) is 0 Å². The topological polar surface area (TPSA) is 95.9 Å². The third-order valence-electron chi connectivity index (χ3n) is 19.5. The van der Waals surface area contributed by atoms with Crippen molar-refractivity contribution < 1.29 is 24.5 Å². The van der Waals surface area contributed by atoms with Crippen LogP contribution in [0.15, 0.2) is 24.3 Å². The molecule has 0 aromatic carbocycles. The minimum absolute atomic E-state index is 0.0168. The number of unbranched alkanes of at least 4 members (excludes halogenated alkanes) is 65. The number of esters is 1. The van der Waals surface area contributed by atoms with Crippen molar-refractivity contribution in [1.29, 1.82) is 0 Å². The summed E-state index contributed by atoms with van der Waals surface area (Å²) in [6.45, 7) is 4.95. The highest BCUT2D eigenvalue weighted by Crippen LogP contribution is 2.20. The third kappa shape index (κ3) is 75.3. The number of carbonyl (C=O) groups is 2. The summed E-state index contributed by atoms with van der Waals surface area (Å²) in [7, 11) is 0. The summed E-state index contributed by atoms with van der Waals surface area (Å²) in [5.74, 6) is -0.0407. The Morgan fingerprint density at radius 3 is 0.798 bits per heavy atom. The number of aliphatic hydroxyl groups is 2. The molecule has 0 radical (unpaired) electrons. The lowest BCUT2D eigenvalue weighted by Crippen LogP contribution is -2.45. The van der Waals surface area contributed by atoms with E-state index in [4.69, 9.17) is 4.74 Å². The Morgan fingerprint density at radius 2 is 0.528 bits per heavy atom. The molecule has 3 N–H and O–H groups in total. The van der Waals surface area contributed by atoms with Gasteiger partial charge in [0.2, 0.25) is 5.91 Å². The lowest BCUT2D eigenvalue weighted by Gasteiger charge is -2.20. The number of allylic oxidation sites excluding steroid dienone is 3. The highest BCUT2D eigenvalue weighted by molar-refractivity contribution is 5.76. The van der Waals surface area contributed by atoms with Gasteiger partial charge in [-0.3, -0.25) is 9.59 Å². The lowest BCUT2D eigenvalue weighted by atomic mass is 10.0. The molecular formula is C83H161NO5. The number of nitrogens with one attached hydrogen (secondary N) is 1. The first kappa shape index (κ1) is 87.3. The smallest absolute Gasteiger partial charge is 0.305 e. The molecule has 0 fully saturated rings. The van der Waals surface area contributed by atoms with Crippen molar-refractivity contribution >= 4 is 11.9 Å². The number of carbonyl (C=O) groups excluding carboxylic acids is 2. The molecule has 0 aliphatic carbocycles. The maximum Gasteiger partial charge on any atom is 0.305 e. The van der Waals surface area contributed by atoms with Crippen LogP contribution in [0.1, 0.15) is 470 Å². The van der Waals surface area contributed by atoms with E-state index in [0.717, 1.165) is 44.9 Å². The van der Waals surface area contributed by atoms with E-state index in [-0.39, 0.29) is 18.5 Å². The van der Waals surface area contributed by atoms with E-state index in [1.807, 2.05) is 6.08 Å². The van der Waals surface area contributed by atoms with E-state index in [1.165, 1.54) is 398 Å². The van der Waals surface area contributed by atoms with Crippen LogP contribution in [0, 0.1) is 0 Å². The average molecular weight is 1250 g/mol. The normalized spacial score (nSPS) is 12.5. The average Bonchev–Trinajstić information content (AvgIpc) is 3.60. The summed E-state index contributed by atoms with van der Waals surface area (Å²) < 4.78 is 5.50. The Morgan fingerprint density at radius 1 is 0.303 bits per heavy atom. The SMILES string of the molecule is CCCCCCCC/C=C\CCCCCCCC(=O)OCCCCCCCCCCCCCCCCCCCCCCCCCCCCCCCCCCCCCCCCCC(=O)NC(CO)C(O)/C=C/CCCCCCCCCCCCCCCCCC. The molecule has 0 aromatic heterocycles. The standard InChI is InChI=1S/C83H161NO5/c1-3-5-7-9-11-13-15-17-19-20-44-48-51-55-59-63-67-71-75-81(86)80(79-85)84-82(87)76-72-68-64-60-56-52-49-45-42-40-38-36-34-32-30-28-26-24-22-21-23-25-27-29-31-33-35-37-39-41-43-46-50-54-58-62-66-70-74-78-89-83(88)77-73-69-65-61-57-53-47-18-16-14-12-10-8-6-4-2/h18,47,71,75,80-81,85-86H,3-17,19-46,48-70,72-74,76-79H2,1-2H3,(H,84,87)/b47-18-,75-71+. The fourth-order valence-corrected chi connectivity index (χ4v) is 13.2. The van der Waals surface area contributed by atoms with Gasteiger partial charge < -0.3 is 20.3 Å². The van der Waals surface area contributed by atoms with Crippen LogP contribution in [-0.2, 0) is 14.3 Å². The molecule has 0 saturated carbocycles. The molecule has 0 aromatic rings. The number of hydrogen-bond acceptors (Lipinski definition) is 5. The minimum Gasteiger partial charge on any atom is -0.466 e. The van der Waals surface area contributed by atoms with E-state index in [1.54, 1.807) is 6.08 Å². The predicted molar refractivity (Wildman–Crippen MR) is 393 cm³/mol. The van der Waals surface area contributed by atoms with Crippen molar-refractivity contribution in [2.24, 2.45) is 0 Å². The van der Waals surface area contributed by atoms with Crippen molar-refractivity contribution in [3.63, 3.8) is 0 Å². The zero-order valence-electron chi connectivity index (χ0n) is 60.7. The molecule has 2 unspecified atom stereocenters. The summed E-state index contributed by atoms with van der Waals surface area (Å²) in [5, 5.41) is 23.3. The van der Waals surface area contributed by atoms with Crippen molar-refractivity contribution in [3.8, 4) is 0 Å². The first-order chi connectivity index (χ1) is 44.0. The maximum atomic E-state index is 12.5. The lowest BCUT2D eigenvalue weighted by molar-refractivity contribution is -0.143. The minimum atomic E-state index is -0.840. The van der Waals surface area contributed by atoms with Crippen LogP contribution in [0.3, 0.4) is 0 Å². The monoisotopic (exact) mass is 1250 g/mol. The van der Waals surface area contributed by atoms with Crippen LogP contribution in [0.5, 0.6) is 0 Å². The number of amides is 1. The van der Waals surface area contributed by atoms with Crippen molar-refractivity contribution in [1.82, 2.24) is 5.32 Å². The molecule has 0 saturated heterocycles. The number of ether oxygens (including phenoxy) is 1. The van der Waals surface area contributed by atoms with Gasteiger partial charge in [-0.15, -0.1) is 0 Å². The second kappa shape index (κ2) is 78.8. The first-order valence-corrected chi connectivity index (χ1v) is 41.1. The van der Waals surface area contributed by atoms with Crippen LogP contribution in [0.4, 0.5) is 0 Å². The fraction of sp³-hybridized carbons (Fsp3) is 0.928. The summed E-state index contributed by atoms with van der Waals surface area (Å²) in [6.07, 6.45) is 102. The highest BCUT2D eigenvalue weighted by atomic mass is 16.5. The van der Waals surface area contributed by atoms with Crippen molar-refractivity contribution in [2.45, 2.75) is 482 Å². The summed E-state index contributed by atoms with van der Waals surface area (Å²) in [6, 6.07) is -0.623. The van der Waals surface area contributed by atoms with Gasteiger partial charge in [0.25, 0.3) is 0 Å². The van der Waals surface area contributed by atoms with Gasteiger partial charge in [-0.1, -0.05) is 423 Å². The molecule has 6 nitrogen and oxygen atoms in total. The molecule has 0 spiro atoms. The van der Waals surface area contributed by atoms with Crippen molar-refractivity contribution in [2.75, 3.05) is 13.2 Å². The summed E-state index contributed by atoms with van der Waals surface area (Å²) in [4.78, 5) is 24.6. The van der Waals surface area contributed by atoms with Gasteiger partial charge in [-0.05, 0) is 57.8 Å². The Balaban J connectivity index is 3.30. The second-order valence-electron chi connectivity index (χ2n) is 28.5. The second-order valence-corrected chi connectivity index (χ2v) is 28.5. The highest BCUT2D eigenvalue weighted by Gasteiger charge is 2.18. The number of hydrogen-bond donors (Lipinski definition) is 3. The van der Waals surface area contributed by atoms with E-state index in [2.05, 4.69) is 31.3 Å². The molecular weight excluding hydrogens is 1090 g/mol. The summed E-state index contributed by atoms with van der Waals surface area (Å²) >= 11 is 0. The largest absolute Gasteiger partial charge is 0.466 e. The Kier molecular flexibility index (Phi) is 77.3. The molecule has 0 aliphatic rings.